The third-order valence-corrected chi connectivity index (χ3v) is 7.83. The first-order chi connectivity index (χ1) is 26.7. The van der Waals surface area contributed by atoms with Gasteiger partial charge in [0.15, 0.2) is 11.6 Å². The van der Waals surface area contributed by atoms with E-state index < -0.39 is 59.3 Å². The van der Waals surface area contributed by atoms with Crippen LogP contribution in [0.2, 0.25) is 0 Å². The molecule has 0 bridgehead atoms. The summed E-state index contributed by atoms with van der Waals surface area (Å²) in [6.45, 7) is 2.29. The van der Waals surface area contributed by atoms with E-state index in [-0.39, 0.29) is 48.4 Å². The Morgan fingerprint density at radius 3 is 1.12 bits per heavy atom. The van der Waals surface area contributed by atoms with Crippen LogP contribution in [0, 0.1) is 0 Å². The molecule has 0 saturated heterocycles. The molecule has 3 aromatic carbocycles. The highest BCUT2D eigenvalue weighted by Gasteiger charge is 2.25. The first-order valence-electron chi connectivity index (χ1n) is 16.7. The number of hydrogen-bond donors (Lipinski definition) is 2. The Bertz CT molecular complexity index is 1900. The molecule has 0 aliphatic heterocycles. The zero-order valence-corrected chi connectivity index (χ0v) is 31.4. The zero-order chi connectivity index (χ0) is 41.4. The predicted octanol–water partition coefficient (Wildman–Crippen LogP) is 3.91. The second kappa shape index (κ2) is 21.0. The molecule has 18 nitrogen and oxygen atoms in total. The maximum Gasteiger partial charge on any atom is 0.310 e. The van der Waals surface area contributed by atoms with Crippen LogP contribution < -0.4 is 10.6 Å². The molecule has 2 amide bonds. The fraction of sp³-hybridized carbons (Fsp3) is 0.316. The Kier molecular flexibility index (Phi) is 16.3. The lowest BCUT2D eigenvalue weighted by Gasteiger charge is -2.12. The van der Waals surface area contributed by atoms with Gasteiger partial charge in [-0.1, -0.05) is 24.3 Å². The standard InChI is InChI=1S/C38H40N6O12/c1-21(45)35(43-41-29-15-23(17-31(47)53-3)7-9-25(29)19-33(49)55-5)37(51)39-27-11-13-28(14-12-27)40-38(52)36(22(2)46)44-42-30-16-24(18-32(48)54-4)8-10-26(30)20-34(50)56-6/h7-16,35-36H,17-20H2,1-6H3,(H,39,51)(H,40,52)/b43-41+,44-42+. The molecule has 0 aliphatic rings. The maximum atomic E-state index is 13.1. The molecule has 18 heteroatoms. The van der Waals surface area contributed by atoms with Crippen molar-refractivity contribution >= 4 is 70.0 Å². The van der Waals surface area contributed by atoms with Gasteiger partial charge in [-0.2, -0.15) is 20.5 Å². The lowest BCUT2D eigenvalue weighted by molar-refractivity contribution is -0.140. The van der Waals surface area contributed by atoms with Crippen LogP contribution in [0.25, 0.3) is 0 Å². The van der Waals surface area contributed by atoms with Gasteiger partial charge in [-0.05, 0) is 72.5 Å². The lowest BCUT2D eigenvalue weighted by Crippen LogP contribution is -2.32. The number of ketones is 2. The minimum absolute atomic E-state index is 0.0996. The van der Waals surface area contributed by atoms with Crippen LogP contribution in [0.15, 0.2) is 81.1 Å². The molecule has 2 unspecified atom stereocenters. The topological polar surface area (TPSA) is 247 Å². The van der Waals surface area contributed by atoms with Gasteiger partial charge in [-0.3, -0.25) is 38.4 Å². The Hall–Kier alpha value is -6.98. The van der Waals surface area contributed by atoms with Crippen molar-refractivity contribution in [2.75, 3.05) is 39.1 Å². The first-order valence-corrected chi connectivity index (χ1v) is 16.7. The molecular weight excluding hydrogens is 732 g/mol. The molecule has 0 spiro atoms. The van der Waals surface area contributed by atoms with Crippen LogP contribution in [0.3, 0.4) is 0 Å². The van der Waals surface area contributed by atoms with E-state index in [4.69, 9.17) is 18.9 Å². The van der Waals surface area contributed by atoms with E-state index in [1.807, 2.05) is 0 Å². The summed E-state index contributed by atoms with van der Waals surface area (Å²) in [7, 11) is 4.90. The predicted molar refractivity (Wildman–Crippen MR) is 197 cm³/mol. The lowest BCUT2D eigenvalue weighted by atomic mass is 10.0. The second-order valence-electron chi connectivity index (χ2n) is 12.0. The summed E-state index contributed by atoms with van der Waals surface area (Å²) in [5, 5.41) is 21.1. The molecule has 294 valence electrons. The average molecular weight is 773 g/mol. The molecule has 0 aromatic heterocycles. The van der Waals surface area contributed by atoms with Gasteiger partial charge < -0.3 is 29.6 Å². The highest BCUT2D eigenvalue weighted by molar-refractivity contribution is 6.11. The third kappa shape index (κ3) is 13.2. The minimum Gasteiger partial charge on any atom is -0.469 e. The number of amides is 2. The SMILES string of the molecule is COC(=O)Cc1ccc(CC(=O)OC)c(/N=N/C(C(C)=O)C(=O)Nc2ccc(NC(=O)C(/N=N/c3cc(CC(=O)OC)ccc3CC(=O)OC)C(C)=O)cc2)c1. The molecule has 0 radical (unpaired) electrons. The van der Waals surface area contributed by atoms with Crippen LogP contribution in [0.5, 0.6) is 0 Å². The molecule has 2 atom stereocenters. The molecule has 0 saturated carbocycles. The van der Waals surface area contributed by atoms with E-state index in [2.05, 4.69) is 31.1 Å². The second-order valence-corrected chi connectivity index (χ2v) is 12.0. The number of azo groups is 2. The molecule has 3 rings (SSSR count). The molecule has 0 heterocycles. The van der Waals surface area contributed by atoms with Crippen LogP contribution in [-0.2, 0) is 83.0 Å². The summed E-state index contributed by atoms with van der Waals surface area (Å²) < 4.78 is 18.8. The fourth-order valence-electron chi connectivity index (χ4n) is 4.79. The minimum atomic E-state index is -1.60. The maximum absolute atomic E-state index is 13.1. The highest BCUT2D eigenvalue weighted by atomic mass is 16.5. The van der Waals surface area contributed by atoms with Gasteiger partial charge in [-0.25, -0.2) is 0 Å². The van der Waals surface area contributed by atoms with E-state index in [0.717, 1.165) is 13.8 Å². The van der Waals surface area contributed by atoms with E-state index in [0.29, 0.717) is 22.3 Å². The number of carbonyl (C=O) groups is 8. The van der Waals surface area contributed by atoms with Gasteiger partial charge in [0.05, 0.1) is 65.5 Å². The summed E-state index contributed by atoms with van der Waals surface area (Å²) in [5.41, 5.74) is 2.41. The molecule has 56 heavy (non-hydrogen) atoms. The van der Waals surface area contributed by atoms with Crippen LogP contribution >= 0.6 is 0 Å². The van der Waals surface area contributed by atoms with Crippen molar-refractivity contribution in [1.29, 1.82) is 0 Å². The molecule has 3 aromatic rings. The summed E-state index contributed by atoms with van der Waals surface area (Å²) in [4.78, 5) is 98.7. The van der Waals surface area contributed by atoms with Crippen LogP contribution in [0.1, 0.15) is 36.1 Å². The van der Waals surface area contributed by atoms with Crippen LogP contribution in [0.4, 0.5) is 22.7 Å². The van der Waals surface area contributed by atoms with Crippen molar-refractivity contribution in [3.8, 4) is 0 Å². The number of carbonyl (C=O) groups excluding carboxylic acids is 8. The number of benzene rings is 3. The quantitative estimate of drug-likeness (QED) is 0.0809. The first kappa shape index (κ1) is 43.4. The number of Topliss-reactive ketones (excluding diaryl/α,β-unsaturated/α-hetero) is 2. The third-order valence-electron chi connectivity index (χ3n) is 7.83. The summed E-state index contributed by atoms with van der Waals surface area (Å²) in [6, 6.07) is 11.7. The van der Waals surface area contributed by atoms with Crippen molar-refractivity contribution in [2.24, 2.45) is 20.5 Å². The number of methoxy groups -OCH3 is 4. The van der Waals surface area contributed by atoms with E-state index in [1.165, 1.54) is 64.8 Å². The van der Waals surface area contributed by atoms with Crippen LogP contribution in [-0.4, -0.2) is 87.8 Å². The monoisotopic (exact) mass is 772 g/mol. The van der Waals surface area contributed by atoms with E-state index >= 15 is 0 Å². The van der Waals surface area contributed by atoms with Crippen molar-refractivity contribution in [3.05, 3.63) is 82.9 Å². The molecule has 0 fully saturated rings. The average Bonchev–Trinajstić information content (AvgIpc) is 3.16. The van der Waals surface area contributed by atoms with Gasteiger partial charge in [0.25, 0.3) is 11.8 Å². The smallest absolute Gasteiger partial charge is 0.310 e. The van der Waals surface area contributed by atoms with Crippen molar-refractivity contribution in [1.82, 2.24) is 0 Å². The number of nitrogens with one attached hydrogen (secondary N) is 2. The summed E-state index contributed by atoms with van der Waals surface area (Å²) in [6.07, 6.45) is -0.581. The molecular formula is C38H40N6O12. The Morgan fingerprint density at radius 1 is 0.500 bits per heavy atom. The van der Waals surface area contributed by atoms with E-state index in [1.54, 1.807) is 24.3 Å². The molecule has 2 N–H and O–H groups in total. The summed E-state index contributed by atoms with van der Waals surface area (Å²) in [5.74, 6) is -5.15. The number of anilines is 2. The van der Waals surface area contributed by atoms with Crippen molar-refractivity contribution < 1.29 is 57.3 Å². The number of ether oxygens (including phenoxy) is 4. The Morgan fingerprint density at radius 2 is 0.821 bits per heavy atom. The zero-order valence-electron chi connectivity index (χ0n) is 31.4. The normalized spacial score (nSPS) is 12.0. The van der Waals surface area contributed by atoms with E-state index in [9.17, 15) is 38.4 Å². The van der Waals surface area contributed by atoms with Gasteiger partial charge in [-0.15, -0.1) is 0 Å². The van der Waals surface area contributed by atoms with Gasteiger partial charge in [0.2, 0.25) is 12.1 Å². The Labute approximate surface area is 321 Å². The number of rotatable bonds is 18. The number of hydrogen-bond acceptors (Lipinski definition) is 16. The Balaban J connectivity index is 1.77. The fourth-order valence-corrected chi connectivity index (χ4v) is 4.79. The number of nitrogens with zero attached hydrogens (tertiary/aromatic N) is 4. The van der Waals surface area contributed by atoms with Crippen molar-refractivity contribution in [3.63, 3.8) is 0 Å². The summed E-state index contributed by atoms with van der Waals surface area (Å²) >= 11 is 0. The largest absolute Gasteiger partial charge is 0.469 e. The van der Waals surface area contributed by atoms with Gasteiger partial charge >= 0.3 is 23.9 Å². The van der Waals surface area contributed by atoms with Crippen molar-refractivity contribution in [2.45, 2.75) is 51.6 Å². The van der Waals surface area contributed by atoms with Gasteiger partial charge in [0.1, 0.15) is 0 Å². The number of esters is 4. The van der Waals surface area contributed by atoms with Gasteiger partial charge in [0, 0.05) is 11.4 Å². The highest BCUT2D eigenvalue weighted by Crippen LogP contribution is 2.26. The molecule has 0 aliphatic carbocycles.